The van der Waals surface area contributed by atoms with Crippen LogP contribution in [-0.4, -0.2) is 593 Å². The summed E-state index contributed by atoms with van der Waals surface area (Å²) in [4.78, 5) is 64.8. The summed E-state index contributed by atoms with van der Waals surface area (Å²) in [7, 11) is 0. The molecule has 5 amide bonds. The topological polar surface area (TPSA) is 946 Å². The third-order valence-corrected chi connectivity index (χ3v) is 25.0. The highest BCUT2D eigenvalue weighted by Crippen LogP contribution is 2.42. The van der Waals surface area contributed by atoms with E-state index in [4.69, 9.17) is 99.5 Å². The molecule has 0 aliphatic carbocycles. The quantitative estimate of drug-likeness (QED) is 0.0277. The molecular formula is C76H127N5O56. The second kappa shape index (κ2) is 49.5. The number of hydrogen-bond acceptors (Lipinski definition) is 56. The Labute approximate surface area is 775 Å². The van der Waals surface area contributed by atoms with E-state index in [1.165, 1.54) is 0 Å². The molecule has 61 nitrogen and oxygen atoms in total. The van der Waals surface area contributed by atoms with Crippen molar-refractivity contribution >= 4 is 29.5 Å². The summed E-state index contributed by atoms with van der Waals surface area (Å²) in [5.41, 5.74) is 0. The number of aliphatic hydroxyl groups is 30. The van der Waals surface area contributed by atoms with Crippen LogP contribution < -0.4 is 26.6 Å². The average molecular weight is 2010 g/mol. The standard InChI is InChI=1S/C76H127N5O56/c1-17(91)77-33-44(102)58(26(10-86)119-66(33)116)130-68-35(79-19(3)93)46(104)62(30(14-90)125-68)134-74-57(115)63(135-76-65(52(110)41(99)25(9-85)123-76)137-70-37(81-21(5)95)48(106)61(29(13-89)127-70)133-73-56(114)51(109)40(98)24(8-84)122-73)43(101)32(128-74)16-118-75-64(136-69-36(80-20(4)94)47(105)60(28(12-88)126-69)132-72-55(113)50(108)39(97)23(7-83)121-72)53(111)42(100)31(129-75)15-117-67-34(78-18(2)92)45(103)59(27(11-87)124-67)131-71-54(112)49(107)38(96)22(6-82)120-71/h22-76,82-90,96-116H,6-16H2,1-5H3,(H,77,91)(H,78,92)(H,79,93)(H,80,94)(H,81,95)/t22-,23-,24-,25-,26-,27-,28-,29-,30-,31-,32-,33-,34-,35-,36-,37-,38+,39+,40+,41-,42-,43-,44-,45-,46-,47-,48-,49+,50+,51+,52+,53+,54-,55-,56-,57+,58-,59-,60-,61-,62-,63+,64+,65+,66-,67+,68-,69+,70+,71+,72+,73+,74+,75+,76-/m1/s1. The molecule has 11 fully saturated rings. The number of carbonyl (C=O) groups excluding carboxylic acids is 5. The van der Waals surface area contributed by atoms with Crippen molar-refractivity contribution in [2.75, 3.05) is 72.7 Å². The van der Waals surface area contributed by atoms with Crippen LogP contribution in [0.2, 0.25) is 0 Å². The van der Waals surface area contributed by atoms with Gasteiger partial charge in [-0.05, 0) is 0 Å². The lowest BCUT2D eigenvalue weighted by Crippen LogP contribution is -2.71. The predicted octanol–water partition coefficient (Wildman–Crippen LogP) is -24.3. The lowest BCUT2D eigenvalue weighted by atomic mass is 9.93. The van der Waals surface area contributed by atoms with Gasteiger partial charge in [-0.2, -0.15) is 0 Å². The minimum atomic E-state index is -2.70. The van der Waals surface area contributed by atoms with Crippen LogP contribution in [0.4, 0.5) is 0 Å². The van der Waals surface area contributed by atoms with Gasteiger partial charge >= 0.3 is 0 Å². The van der Waals surface area contributed by atoms with Gasteiger partial charge in [-0.1, -0.05) is 0 Å². The Morgan fingerprint density at radius 2 is 0.401 bits per heavy atom. The van der Waals surface area contributed by atoms with Crippen molar-refractivity contribution < 1.29 is 277 Å². The monoisotopic (exact) mass is 2010 g/mol. The molecule has 11 rings (SSSR count). The van der Waals surface area contributed by atoms with E-state index in [0.717, 1.165) is 34.6 Å². The van der Waals surface area contributed by atoms with Crippen molar-refractivity contribution in [3.05, 3.63) is 0 Å². The summed E-state index contributed by atoms with van der Waals surface area (Å²) >= 11 is 0. The molecule has 0 aromatic heterocycles. The summed E-state index contributed by atoms with van der Waals surface area (Å²) in [6, 6.07) is -9.68. The molecule has 0 unspecified atom stereocenters. The molecule has 35 N–H and O–H groups in total. The van der Waals surface area contributed by atoms with Crippen LogP contribution in [0.15, 0.2) is 0 Å². The van der Waals surface area contributed by atoms with E-state index >= 15 is 0 Å². The van der Waals surface area contributed by atoms with Crippen LogP contribution in [0.25, 0.3) is 0 Å². The van der Waals surface area contributed by atoms with Gasteiger partial charge in [-0.15, -0.1) is 0 Å². The maximum atomic E-state index is 13.2. The van der Waals surface area contributed by atoms with Gasteiger partial charge in [0.15, 0.2) is 69.2 Å². The van der Waals surface area contributed by atoms with Gasteiger partial charge in [0.05, 0.1) is 72.7 Å². The Hall–Kier alpha value is -4.69. The van der Waals surface area contributed by atoms with Crippen LogP contribution in [0.3, 0.4) is 0 Å². The second-order valence-electron chi connectivity index (χ2n) is 34.6. The lowest BCUT2D eigenvalue weighted by molar-refractivity contribution is -0.399. The largest absolute Gasteiger partial charge is 0.394 e. The van der Waals surface area contributed by atoms with Crippen LogP contribution in [-0.2, 0) is 123 Å². The molecule has 0 bridgehead atoms. The number of amides is 5. The first kappa shape index (κ1) is 113. The maximum absolute atomic E-state index is 13.2. The highest BCUT2D eigenvalue weighted by Gasteiger charge is 2.63. The molecule has 11 aliphatic heterocycles. The predicted molar refractivity (Wildman–Crippen MR) is 420 cm³/mol. The Balaban J connectivity index is 0.964. The Bertz CT molecular complexity index is 3780. The van der Waals surface area contributed by atoms with Crippen molar-refractivity contribution in [1.29, 1.82) is 0 Å². The first-order chi connectivity index (χ1) is 64.8. The minimum Gasteiger partial charge on any atom is -0.394 e. The fourth-order valence-corrected chi connectivity index (χ4v) is 17.7. The van der Waals surface area contributed by atoms with E-state index < -0.39 is 440 Å². The Kier molecular flexibility index (Phi) is 40.7. The average Bonchev–Trinajstić information content (AvgIpc) is 0.761. The third kappa shape index (κ3) is 25.2. The molecule has 0 spiro atoms. The van der Waals surface area contributed by atoms with Gasteiger partial charge in [-0.3, -0.25) is 24.0 Å². The highest BCUT2D eigenvalue weighted by molar-refractivity contribution is 5.75. The fraction of sp³-hybridized carbons (Fsp3) is 0.934. The number of aliphatic hydroxyl groups excluding tert-OH is 30. The number of carbonyl (C=O) groups is 5. The summed E-state index contributed by atoms with van der Waals surface area (Å²) in [5.74, 6) is -4.80. The van der Waals surface area contributed by atoms with Gasteiger partial charge in [0, 0.05) is 34.6 Å². The van der Waals surface area contributed by atoms with Gasteiger partial charge in [-0.25, -0.2) is 0 Å². The minimum absolute atomic E-state index is 0.827. The van der Waals surface area contributed by atoms with E-state index in [2.05, 4.69) is 26.6 Å². The molecule has 0 aromatic carbocycles. The van der Waals surface area contributed by atoms with Gasteiger partial charge < -0.3 is 279 Å². The molecule has 11 aliphatic rings. The maximum Gasteiger partial charge on any atom is 0.217 e. The zero-order valence-corrected chi connectivity index (χ0v) is 73.6. The van der Waals surface area contributed by atoms with Crippen LogP contribution in [0.1, 0.15) is 34.6 Å². The van der Waals surface area contributed by atoms with E-state index in [1.54, 1.807) is 0 Å². The van der Waals surface area contributed by atoms with Crippen LogP contribution >= 0.6 is 0 Å². The smallest absolute Gasteiger partial charge is 0.217 e. The third-order valence-electron chi connectivity index (χ3n) is 25.0. The molecule has 792 valence electrons. The van der Waals surface area contributed by atoms with Crippen LogP contribution in [0, 0.1) is 0 Å². The number of hydrogen-bond donors (Lipinski definition) is 35. The first-order valence-corrected chi connectivity index (χ1v) is 43.6. The van der Waals surface area contributed by atoms with E-state index in [1.807, 2.05) is 0 Å². The second-order valence-corrected chi connectivity index (χ2v) is 34.6. The van der Waals surface area contributed by atoms with Crippen molar-refractivity contribution in [1.82, 2.24) is 26.6 Å². The van der Waals surface area contributed by atoms with Gasteiger partial charge in [0.1, 0.15) is 268 Å². The zero-order chi connectivity index (χ0) is 101. The number of ether oxygens (including phenoxy) is 21. The molecule has 61 heteroatoms. The van der Waals surface area contributed by atoms with Crippen molar-refractivity contribution in [2.45, 2.75) is 372 Å². The SMILES string of the molecule is CC(=O)N[C@@H]1[C@@H](O)[C@H](O[C@H]2O[C@H](CO)[C@@H](O[C@@H]3O[C@H](CO[C@H]4O[C@H](CO[C@H]5O[C@H](CO)[C@@H](O[C@@H]6O[C@H](CO)[C@H](O)[C@H](O)[C@H]6O)[C@H](O)[C@H]5NC(C)=O)[C@@H](O)[C@H](O)[C@@H]4O[C@@H]4O[C@H](CO)[C@@H](O[C@@H]5O[C@H](CO)[C@H](O)[C@H](O)[C@H]5O)[C@H](O)[C@H]4NC(C)=O)[C@@H](O)[C@H](O[C@H]4O[C@H](CO)[C@@H](O)[C@H](O)[C@@H]4O[C@@H]4O[C@H](CO)[C@@H](O[C@@H]5O[C@H](CO)[C@H](O)[C@H](O)[C@H]5O)[C@H](O)[C@H]4NC(C)=O)[C@@H]3O)[C@H](O)[C@H]2NC(C)=O)[C@@H](CO)O[C@H]1O. The Morgan fingerprint density at radius 3 is 0.730 bits per heavy atom. The van der Waals surface area contributed by atoms with E-state index in [-0.39, 0.29) is 0 Å². The Morgan fingerprint density at radius 1 is 0.190 bits per heavy atom. The molecular weight excluding hydrogens is 1880 g/mol. The summed E-state index contributed by atoms with van der Waals surface area (Å²) in [6.07, 6.45) is -108. The number of nitrogens with one attached hydrogen (secondary N) is 5. The normalized spacial score (nSPS) is 48.9. The summed E-state index contributed by atoms with van der Waals surface area (Å²) < 4.78 is 126. The van der Waals surface area contributed by atoms with E-state index in [0.29, 0.717) is 0 Å². The van der Waals surface area contributed by atoms with Gasteiger partial charge in [0.25, 0.3) is 0 Å². The summed E-state index contributed by atoms with van der Waals surface area (Å²) in [6.45, 7) is -8.00. The molecule has 11 saturated heterocycles. The molecule has 55 atom stereocenters. The zero-order valence-electron chi connectivity index (χ0n) is 73.6. The molecule has 0 aromatic rings. The first-order valence-electron chi connectivity index (χ1n) is 43.6. The molecule has 0 saturated carbocycles. The number of rotatable bonds is 36. The summed E-state index contributed by atoms with van der Waals surface area (Å²) in [5, 5.41) is 349. The molecule has 11 heterocycles. The fourth-order valence-electron chi connectivity index (χ4n) is 17.7. The van der Waals surface area contributed by atoms with Gasteiger partial charge in [0.2, 0.25) is 29.5 Å². The van der Waals surface area contributed by atoms with E-state index in [9.17, 15) is 177 Å². The van der Waals surface area contributed by atoms with Crippen molar-refractivity contribution in [3.63, 3.8) is 0 Å². The van der Waals surface area contributed by atoms with Crippen molar-refractivity contribution in [2.24, 2.45) is 0 Å². The molecule has 137 heavy (non-hydrogen) atoms. The lowest BCUT2D eigenvalue weighted by Gasteiger charge is -2.51. The van der Waals surface area contributed by atoms with Crippen molar-refractivity contribution in [3.8, 4) is 0 Å². The molecule has 0 radical (unpaired) electrons. The van der Waals surface area contributed by atoms with Crippen LogP contribution in [0.5, 0.6) is 0 Å². The highest BCUT2D eigenvalue weighted by atomic mass is 16.8.